The number of benzene rings is 1. The van der Waals surface area contributed by atoms with Gasteiger partial charge in [0.05, 0.1) is 22.3 Å². The fraction of sp³-hybridized carbons (Fsp3) is 0.300. The standard InChI is InChI=1S/C20H22BrN5O4S/c1-22-19(27)13-9-14-17(10-15(13)21)24-20(28)18(14)16-4-3-12(11-23-16)31(29,30)26-7-5-25(2)6-8-26/h3-4,9-11,24,28H,5-8H2,1-2H3,(H,22,27). The van der Waals surface area contributed by atoms with E-state index in [2.05, 4.69) is 36.1 Å². The van der Waals surface area contributed by atoms with Crippen LogP contribution >= 0.6 is 15.9 Å². The number of aromatic amines is 1. The first kappa shape index (κ1) is 21.8. The van der Waals surface area contributed by atoms with Gasteiger partial charge < -0.3 is 20.3 Å². The summed E-state index contributed by atoms with van der Waals surface area (Å²) >= 11 is 3.37. The first-order valence-electron chi connectivity index (χ1n) is 9.63. The predicted molar refractivity (Wildman–Crippen MR) is 121 cm³/mol. The van der Waals surface area contributed by atoms with Crippen molar-refractivity contribution < 1.29 is 18.3 Å². The second-order valence-corrected chi connectivity index (χ2v) is 10.2. The van der Waals surface area contributed by atoms with E-state index in [1.54, 1.807) is 18.2 Å². The highest BCUT2D eigenvalue weighted by Gasteiger charge is 2.28. The molecule has 1 aromatic carbocycles. The minimum Gasteiger partial charge on any atom is -0.494 e. The van der Waals surface area contributed by atoms with Crippen molar-refractivity contribution in [3.8, 4) is 17.1 Å². The maximum Gasteiger partial charge on any atom is 0.252 e. The Morgan fingerprint density at radius 1 is 1.23 bits per heavy atom. The number of pyridine rings is 1. The first-order valence-corrected chi connectivity index (χ1v) is 11.9. The molecule has 1 aliphatic heterocycles. The number of hydrogen-bond donors (Lipinski definition) is 3. The van der Waals surface area contributed by atoms with Crippen molar-refractivity contribution in [3.63, 3.8) is 0 Å². The van der Waals surface area contributed by atoms with E-state index >= 15 is 0 Å². The number of amides is 1. The first-order chi connectivity index (χ1) is 14.7. The number of nitrogens with zero attached hydrogens (tertiary/aromatic N) is 3. The molecule has 4 rings (SSSR count). The minimum absolute atomic E-state index is 0.105. The number of hydrogen-bond acceptors (Lipinski definition) is 6. The number of aromatic nitrogens is 2. The summed E-state index contributed by atoms with van der Waals surface area (Å²) < 4.78 is 27.9. The Labute approximate surface area is 188 Å². The molecule has 0 atom stereocenters. The van der Waals surface area contributed by atoms with Crippen LogP contribution in [-0.4, -0.2) is 78.9 Å². The smallest absolute Gasteiger partial charge is 0.252 e. The van der Waals surface area contributed by atoms with Crippen LogP contribution in [0, 0.1) is 0 Å². The molecule has 0 spiro atoms. The van der Waals surface area contributed by atoms with Crippen molar-refractivity contribution in [1.29, 1.82) is 0 Å². The molecule has 3 heterocycles. The Morgan fingerprint density at radius 3 is 2.55 bits per heavy atom. The monoisotopic (exact) mass is 507 g/mol. The van der Waals surface area contributed by atoms with Gasteiger partial charge in [-0.15, -0.1) is 0 Å². The number of H-pyrrole nitrogens is 1. The molecule has 1 fully saturated rings. The summed E-state index contributed by atoms with van der Waals surface area (Å²) in [6, 6.07) is 6.41. The van der Waals surface area contributed by atoms with Crippen LogP contribution in [0.5, 0.6) is 5.88 Å². The Balaban J connectivity index is 1.72. The Bertz CT molecular complexity index is 1250. The third-order valence-electron chi connectivity index (χ3n) is 5.43. The summed E-state index contributed by atoms with van der Waals surface area (Å²) in [5, 5.41) is 13.7. The number of piperazine rings is 1. The lowest BCUT2D eigenvalue weighted by Crippen LogP contribution is -2.47. The number of carbonyl (C=O) groups is 1. The van der Waals surface area contributed by atoms with E-state index in [1.807, 2.05) is 7.05 Å². The summed E-state index contributed by atoms with van der Waals surface area (Å²) in [4.78, 5) is 21.5. The van der Waals surface area contributed by atoms with Gasteiger partial charge in [-0.1, -0.05) is 0 Å². The topological polar surface area (TPSA) is 119 Å². The predicted octanol–water partition coefficient (Wildman–Crippen LogP) is 1.99. The fourth-order valence-corrected chi connectivity index (χ4v) is 5.52. The summed E-state index contributed by atoms with van der Waals surface area (Å²) in [6.07, 6.45) is 1.31. The molecule has 0 aliphatic carbocycles. The molecular weight excluding hydrogens is 486 g/mol. The highest BCUT2D eigenvalue weighted by Crippen LogP contribution is 2.38. The Kier molecular flexibility index (Phi) is 5.77. The summed E-state index contributed by atoms with van der Waals surface area (Å²) in [5.41, 5.74) is 1.81. The highest BCUT2D eigenvalue weighted by atomic mass is 79.9. The molecule has 3 aromatic rings. The molecule has 0 bridgehead atoms. The lowest BCUT2D eigenvalue weighted by molar-refractivity contribution is 0.0962. The van der Waals surface area contributed by atoms with E-state index in [0.717, 1.165) is 0 Å². The van der Waals surface area contributed by atoms with Gasteiger partial charge in [0, 0.05) is 49.3 Å². The van der Waals surface area contributed by atoms with Gasteiger partial charge in [0.25, 0.3) is 5.91 Å². The molecule has 9 nitrogen and oxygen atoms in total. The lowest BCUT2D eigenvalue weighted by Gasteiger charge is -2.31. The van der Waals surface area contributed by atoms with Gasteiger partial charge in [0.1, 0.15) is 4.90 Å². The number of fused-ring (bicyclic) bond motifs is 1. The molecule has 0 saturated carbocycles. The molecule has 164 valence electrons. The molecular formula is C20H22BrN5O4S. The van der Waals surface area contributed by atoms with Crippen LogP contribution in [-0.2, 0) is 10.0 Å². The fourth-order valence-electron chi connectivity index (χ4n) is 3.63. The van der Waals surface area contributed by atoms with Gasteiger partial charge in [-0.25, -0.2) is 8.42 Å². The number of sulfonamides is 1. The van der Waals surface area contributed by atoms with Crippen LogP contribution in [0.1, 0.15) is 10.4 Å². The van der Waals surface area contributed by atoms with E-state index in [0.29, 0.717) is 58.4 Å². The largest absolute Gasteiger partial charge is 0.494 e. The van der Waals surface area contributed by atoms with Crippen LogP contribution < -0.4 is 5.32 Å². The van der Waals surface area contributed by atoms with Crippen LogP contribution in [0.4, 0.5) is 0 Å². The number of nitrogens with one attached hydrogen (secondary N) is 2. The van der Waals surface area contributed by atoms with Crippen molar-refractivity contribution in [1.82, 2.24) is 24.5 Å². The number of likely N-dealkylation sites (N-methyl/N-ethyl adjacent to an activating group) is 1. The second-order valence-electron chi connectivity index (χ2n) is 7.39. The van der Waals surface area contributed by atoms with Crippen molar-refractivity contribution in [2.24, 2.45) is 0 Å². The molecule has 3 N–H and O–H groups in total. The maximum atomic E-state index is 12.9. The van der Waals surface area contributed by atoms with E-state index in [4.69, 9.17) is 0 Å². The zero-order valence-electron chi connectivity index (χ0n) is 17.0. The normalized spacial score (nSPS) is 16.0. The summed E-state index contributed by atoms with van der Waals surface area (Å²) in [6.45, 7) is 2.22. The van der Waals surface area contributed by atoms with Gasteiger partial charge >= 0.3 is 0 Å². The highest BCUT2D eigenvalue weighted by molar-refractivity contribution is 9.10. The minimum atomic E-state index is -3.64. The SMILES string of the molecule is CNC(=O)c1cc2c(-c3ccc(S(=O)(=O)N4CCN(C)CC4)cn3)c(O)[nH]c2cc1Br. The number of carbonyl (C=O) groups excluding carboxylic acids is 1. The number of rotatable bonds is 4. The Hall–Kier alpha value is -2.47. The maximum absolute atomic E-state index is 12.9. The average Bonchev–Trinajstić information content (AvgIpc) is 3.07. The lowest BCUT2D eigenvalue weighted by atomic mass is 10.1. The van der Waals surface area contributed by atoms with Crippen molar-refractivity contribution in [3.05, 3.63) is 40.5 Å². The number of aromatic hydroxyl groups is 1. The van der Waals surface area contributed by atoms with Crippen LogP contribution in [0.3, 0.4) is 0 Å². The van der Waals surface area contributed by atoms with Crippen LogP contribution in [0.15, 0.2) is 39.8 Å². The van der Waals surface area contributed by atoms with E-state index < -0.39 is 10.0 Å². The second kappa shape index (κ2) is 8.23. The zero-order valence-corrected chi connectivity index (χ0v) is 19.4. The van der Waals surface area contributed by atoms with E-state index in [-0.39, 0.29) is 16.7 Å². The molecule has 31 heavy (non-hydrogen) atoms. The summed E-state index contributed by atoms with van der Waals surface area (Å²) in [5.74, 6) is -0.389. The molecule has 2 aromatic heterocycles. The number of halogens is 1. The molecule has 11 heteroatoms. The van der Waals surface area contributed by atoms with Crippen molar-refractivity contribution in [2.45, 2.75) is 4.90 Å². The van der Waals surface area contributed by atoms with Crippen molar-refractivity contribution in [2.75, 3.05) is 40.3 Å². The molecule has 1 saturated heterocycles. The van der Waals surface area contributed by atoms with Crippen LogP contribution in [0.25, 0.3) is 22.2 Å². The molecule has 0 radical (unpaired) electrons. The zero-order chi connectivity index (χ0) is 22.3. The van der Waals surface area contributed by atoms with Crippen LogP contribution in [0.2, 0.25) is 0 Å². The third kappa shape index (κ3) is 3.93. The van der Waals surface area contributed by atoms with E-state index in [1.165, 1.54) is 23.6 Å². The van der Waals surface area contributed by atoms with Gasteiger partial charge in [0.15, 0.2) is 5.88 Å². The van der Waals surface area contributed by atoms with Crippen molar-refractivity contribution >= 4 is 42.8 Å². The molecule has 1 aliphatic rings. The van der Waals surface area contributed by atoms with Gasteiger partial charge in [-0.2, -0.15) is 4.31 Å². The average molecular weight is 508 g/mol. The summed E-state index contributed by atoms with van der Waals surface area (Å²) in [7, 11) is -0.138. The van der Waals surface area contributed by atoms with Gasteiger partial charge in [-0.3, -0.25) is 9.78 Å². The Morgan fingerprint density at radius 2 is 1.94 bits per heavy atom. The third-order valence-corrected chi connectivity index (χ3v) is 7.97. The molecule has 1 amide bonds. The quantitative estimate of drug-likeness (QED) is 0.496. The molecule has 0 unspecified atom stereocenters. The van der Waals surface area contributed by atoms with Gasteiger partial charge in [-0.05, 0) is 47.2 Å². The van der Waals surface area contributed by atoms with E-state index in [9.17, 15) is 18.3 Å². The van der Waals surface area contributed by atoms with Gasteiger partial charge in [0.2, 0.25) is 10.0 Å².